The summed E-state index contributed by atoms with van der Waals surface area (Å²) in [4.78, 5) is 0. The normalized spacial score (nSPS) is 11.4. The van der Waals surface area contributed by atoms with Crippen molar-refractivity contribution >= 4 is 27.3 Å². The van der Waals surface area contributed by atoms with Crippen LogP contribution in [0.5, 0.6) is 0 Å². The average molecular weight is 272 g/mol. The summed E-state index contributed by atoms with van der Waals surface area (Å²) in [6, 6.07) is 6.44. The lowest BCUT2D eigenvalue weighted by atomic mass is 10.2. The minimum atomic E-state index is -3.66. The van der Waals surface area contributed by atoms with Crippen molar-refractivity contribution in [3.63, 3.8) is 0 Å². The van der Waals surface area contributed by atoms with E-state index < -0.39 is 10.0 Å². The molecule has 5 nitrogen and oxygen atoms in total. The number of halogens is 1. The zero-order chi connectivity index (χ0) is 12.5. The summed E-state index contributed by atoms with van der Waals surface area (Å²) in [5.41, 5.74) is 1.30. The number of nitrogens with one attached hydrogen (secondary N) is 2. The molecule has 0 bridgehead atoms. The lowest BCUT2D eigenvalue weighted by Crippen LogP contribution is -2.13. The molecule has 2 rings (SSSR count). The zero-order valence-corrected chi connectivity index (χ0v) is 10.5. The quantitative estimate of drug-likeness (QED) is 0.898. The number of rotatable bonds is 3. The maximum absolute atomic E-state index is 11.9. The first-order valence-electron chi connectivity index (χ1n) is 4.77. The van der Waals surface area contributed by atoms with Crippen LogP contribution >= 0.6 is 11.6 Å². The molecule has 0 aliphatic carbocycles. The molecule has 0 radical (unpaired) electrons. The van der Waals surface area contributed by atoms with Crippen molar-refractivity contribution in [2.45, 2.75) is 11.9 Å². The van der Waals surface area contributed by atoms with Crippen LogP contribution in [-0.2, 0) is 10.0 Å². The second-order valence-electron chi connectivity index (χ2n) is 3.51. The van der Waals surface area contributed by atoms with Gasteiger partial charge in [-0.3, -0.25) is 9.82 Å². The summed E-state index contributed by atoms with van der Waals surface area (Å²) in [7, 11) is -3.66. The predicted octanol–water partition coefficient (Wildman–Crippen LogP) is 2.17. The average Bonchev–Trinajstić information content (AvgIpc) is 2.76. The van der Waals surface area contributed by atoms with Gasteiger partial charge in [-0.1, -0.05) is 17.7 Å². The Morgan fingerprint density at radius 1 is 1.35 bits per heavy atom. The molecule has 0 aliphatic rings. The fourth-order valence-corrected chi connectivity index (χ4v) is 2.62. The Labute approximate surface area is 104 Å². The van der Waals surface area contributed by atoms with Crippen LogP contribution in [0.25, 0.3) is 0 Å². The molecule has 17 heavy (non-hydrogen) atoms. The molecule has 1 aromatic heterocycles. The molecule has 0 atom stereocenters. The maximum Gasteiger partial charge on any atom is 0.278 e. The fourth-order valence-electron chi connectivity index (χ4n) is 1.30. The molecule has 0 saturated heterocycles. The van der Waals surface area contributed by atoms with Gasteiger partial charge in [0, 0.05) is 0 Å². The summed E-state index contributed by atoms with van der Waals surface area (Å²) in [6.07, 6.45) is 1.37. The Bertz CT molecular complexity index is 623. The van der Waals surface area contributed by atoms with Crippen molar-refractivity contribution in [2.24, 2.45) is 0 Å². The molecule has 0 amide bonds. The Morgan fingerprint density at radius 2 is 2.12 bits per heavy atom. The standard InChI is InChI=1S/C10H10ClN3O2S/c1-7-2-3-9(8(11)6-7)14-17(15,16)10-4-5-12-13-10/h2-6,14H,1H3,(H,12,13). The van der Waals surface area contributed by atoms with Crippen LogP contribution in [0.4, 0.5) is 5.69 Å². The van der Waals surface area contributed by atoms with Crippen molar-refractivity contribution in [2.75, 3.05) is 4.72 Å². The molecule has 0 aliphatic heterocycles. The van der Waals surface area contributed by atoms with Crippen molar-refractivity contribution in [1.29, 1.82) is 0 Å². The van der Waals surface area contributed by atoms with Crippen molar-refractivity contribution in [3.8, 4) is 0 Å². The van der Waals surface area contributed by atoms with Gasteiger partial charge in [0.05, 0.1) is 16.9 Å². The highest BCUT2D eigenvalue weighted by molar-refractivity contribution is 7.92. The van der Waals surface area contributed by atoms with Gasteiger partial charge in [-0.25, -0.2) is 0 Å². The molecular weight excluding hydrogens is 262 g/mol. The van der Waals surface area contributed by atoms with Crippen LogP contribution < -0.4 is 4.72 Å². The molecule has 2 aromatic rings. The van der Waals surface area contributed by atoms with Gasteiger partial charge in [-0.15, -0.1) is 0 Å². The van der Waals surface area contributed by atoms with E-state index in [1.165, 1.54) is 12.3 Å². The highest BCUT2D eigenvalue weighted by Gasteiger charge is 2.16. The van der Waals surface area contributed by atoms with Crippen LogP contribution in [0, 0.1) is 6.92 Å². The molecule has 90 valence electrons. The van der Waals surface area contributed by atoms with Gasteiger partial charge in [-0.2, -0.15) is 13.5 Å². The lowest BCUT2D eigenvalue weighted by Gasteiger charge is -2.08. The van der Waals surface area contributed by atoms with Crippen LogP contribution in [0.3, 0.4) is 0 Å². The second kappa shape index (κ2) is 4.38. The number of nitrogens with zero attached hydrogens (tertiary/aromatic N) is 1. The van der Waals surface area contributed by atoms with E-state index in [0.717, 1.165) is 5.56 Å². The summed E-state index contributed by atoms with van der Waals surface area (Å²) in [5.74, 6) is 0. The lowest BCUT2D eigenvalue weighted by molar-refractivity contribution is 0.597. The van der Waals surface area contributed by atoms with E-state index in [0.29, 0.717) is 10.7 Å². The summed E-state index contributed by atoms with van der Waals surface area (Å²) in [6.45, 7) is 1.87. The minimum Gasteiger partial charge on any atom is -0.277 e. The first kappa shape index (κ1) is 11.9. The van der Waals surface area contributed by atoms with E-state index in [1.807, 2.05) is 6.92 Å². The first-order valence-corrected chi connectivity index (χ1v) is 6.63. The second-order valence-corrected chi connectivity index (χ2v) is 5.57. The monoisotopic (exact) mass is 271 g/mol. The Hall–Kier alpha value is -1.53. The highest BCUT2D eigenvalue weighted by atomic mass is 35.5. The van der Waals surface area contributed by atoms with Crippen molar-refractivity contribution in [3.05, 3.63) is 41.0 Å². The van der Waals surface area contributed by atoms with E-state index in [1.54, 1.807) is 18.2 Å². The molecular formula is C10H10ClN3O2S. The van der Waals surface area contributed by atoms with Crippen LogP contribution in [0.15, 0.2) is 35.5 Å². The summed E-state index contributed by atoms with van der Waals surface area (Å²) < 4.78 is 26.1. The van der Waals surface area contributed by atoms with Gasteiger partial charge in [0.2, 0.25) is 0 Å². The van der Waals surface area contributed by atoms with E-state index >= 15 is 0 Å². The molecule has 0 saturated carbocycles. The Balaban J connectivity index is 2.33. The molecule has 0 spiro atoms. The molecule has 1 heterocycles. The third-order valence-corrected chi connectivity index (χ3v) is 3.74. The highest BCUT2D eigenvalue weighted by Crippen LogP contribution is 2.24. The van der Waals surface area contributed by atoms with Crippen molar-refractivity contribution < 1.29 is 8.42 Å². The minimum absolute atomic E-state index is 0.00542. The molecule has 0 unspecified atom stereocenters. The third kappa shape index (κ3) is 2.59. The number of H-pyrrole nitrogens is 1. The smallest absolute Gasteiger partial charge is 0.277 e. The Kier molecular flexibility index (Phi) is 3.08. The van der Waals surface area contributed by atoms with E-state index in [4.69, 9.17) is 11.6 Å². The van der Waals surface area contributed by atoms with Crippen LogP contribution in [0.1, 0.15) is 5.56 Å². The number of aromatic amines is 1. The molecule has 0 fully saturated rings. The van der Waals surface area contributed by atoms with Crippen LogP contribution in [-0.4, -0.2) is 18.6 Å². The van der Waals surface area contributed by atoms with Gasteiger partial charge < -0.3 is 0 Å². The number of aromatic nitrogens is 2. The Morgan fingerprint density at radius 3 is 2.71 bits per heavy atom. The number of benzene rings is 1. The van der Waals surface area contributed by atoms with Gasteiger partial charge in [0.1, 0.15) is 0 Å². The molecule has 7 heteroatoms. The van der Waals surface area contributed by atoms with Crippen molar-refractivity contribution in [1.82, 2.24) is 10.2 Å². The van der Waals surface area contributed by atoms with Gasteiger partial charge in [-0.05, 0) is 30.7 Å². The van der Waals surface area contributed by atoms with Crippen LogP contribution in [0.2, 0.25) is 5.02 Å². The third-order valence-electron chi connectivity index (χ3n) is 2.13. The summed E-state index contributed by atoms with van der Waals surface area (Å²) >= 11 is 5.94. The van der Waals surface area contributed by atoms with Gasteiger partial charge >= 0.3 is 0 Å². The number of anilines is 1. The van der Waals surface area contributed by atoms with E-state index in [2.05, 4.69) is 14.9 Å². The van der Waals surface area contributed by atoms with Gasteiger partial charge in [0.15, 0.2) is 5.03 Å². The topological polar surface area (TPSA) is 74.8 Å². The zero-order valence-electron chi connectivity index (χ0n) is 8.94. The van der Waals surface area contributed by atoms with E-state index in [9.17, 15) is 8.42 Å². The largest absolute Gasteiger partial charge is 0.278 e. The maximum atomic E-state index is 11.9. The fraction of sp³-hybridized carbons (Fsp3) is 0.100. The first-order chi connectivity index (χ1) is 7.99. The molecule has 2 N–H and O–H groups in total. The number of aryl methyl sites for hydroxylation is 1. The summed E-state index contributed by atoms with van der Waals surface area (Å²) in [5, 5.41) is 6.32. The van der Waals surface area contributed by atoms with Gasteiger partial charge in [0.25, 0.3) is 10.0 Å². The predicted molar refractivity (Wildman–Crippen MR) is 65.6 cm³/mol. The molecule has 1 aromatic carbocycles. The number of hydrogen-bond donors (Lipinski definition) is 2. The number of sulfonamides is 1. The SMILES string of the molecule is Cc1ccc(NS(=O)(=O)c2ccn[nH]2)c(Cl)c1. The number of hydrogen-bond acceptors (Lipinski definition) is 3. The van der Waals surface area contributed by atoms with E-state index in [-0.39, 0.29) is 5.03 Å².